The van der Waals surface area contributed by atoms with E-state index in [2.05, 4.69) is 13.8 Å². The summed E-state index contributed by atoms with van der Waals surface area (Å²) in [4.78, 5) is 13.8. The topological polar surface area (TPSA) is 55.6 Å². The van der Waals surface area contributed by atoms with E-state index >= 15 is 0 Å². The molecule has 0 fully saturated rings. The molecule has 1 atom stereocenters. The molecular formula is C17H27FN2O2. The van der Waals surface area contributed by atoms with Gasteiger partial charge in [0.1, 0.15) is 0 Å². The van der Waals surface area contributed by atoms with Crippen LogP contribution < -0.4 is 10.5 Å². The van der Waals surface area contributed by atoms with Gasteiger partial charge in [-0.15, -0.1) is 0 Å². The van der Waals surface area contributed by atoms with Gasteiger partial charge in [0, 0.05) is 26.1 Å². The minimum absolute atomic E-state index is 0.0483. The smallest absolute Gasteiger partial charge is 0.222 e. The average molecular weight is 310 g/mol. The molecule has 5 heteroatoms. The van der Waals surface area contributed by atoms with Crippen LogP contribution in [0.2, 0.25) is 0 Å². The van der Waals surface area contributed by atoms with E-state index in [9.17, 15) is 9.18 Å². The second-order valence-corrected chi connectivity index (χ2v) is 5.98. The number of rotatable bonds is 8. The predicted molar refractivity (Wildman–Crippen MR) is 86.3 cm³/mol. The molecular weight excluding hydrogens is 283 g/mol. The Labute approximate surface area is 132 Å². The lowest BCUT2D eigenvalue weighted by Crippen LogP contribution is -2.34. The summed E-state index contributed by atoms with van der Waals surface area (Å²) in [6.45, 7) is 4.80. The summed E-state index contributed by atoms with van der Waals surface area (Å²) in [5.74, 6) is 0.275. The maximum absolute atomic E-state index is 13.6. The molecule has 124 valence electrons. The number of carbonyl (C=O) groups excluding carboxylic acids is 1. The maximum Gasteiger partial charge on any atom is 0.222 e. The molecule has 0 aliphatic rings. The summed E-state index contributed by atoms with van der Waals surface area (Å²) < 4.78 is 18.5. The van der Waals surface area contributed by atoms with Crippen molar-refractivity contribution in [3.05, 3.63) is 29.6 Å². The molecule has 0 aliphatic heterocycles. The lowest BCUT2D eigenvalue weighted by molar-refractivity contribution is -0.129. The van der Waals surface area contributed by atoms with Crippen LogP contribution in [0.4, 0.5) is 4.39 Å². The molecule has 4 nitrogen and oxygen atoms in total. The Morgan fingerprint density at radius 1 is 1.41 bits per heavy atom. The number of carbonyl (C=O) groups is 1. The number of amides is 1. The molecule has 22 heavy (non-hydrogen) atoms. The zero-order chi connectivity index (χ0) is 16.7. The third-order valence-electron chi connectivity index (χ3n) is 3.92. The van der Waals surface area contributed by atoms with Crippen LogP contribution in [0.15, 0.2) is 18.2 Å². The van der Waals surface area contributed by atoms with Crippen LogP contribution in [0.1, 0.15) is 32.3 Å². The van der Waals surface area contributed by atoms with Gasteiger partial charge in [0.25, 0.3) is 0 Å². The van der Waals surface area contributed by atoms with Crippen molar-refractivity contribution in [2.75, 3.05) is 20.7 Å². The average Bonchev–Trinajstić information content (AvgIpc) is 2.49. The van der Waals surface area contributed by atoms with Crippen LogP contribution in [-0.2, 0) is 11.2 Å². The minimum atomic E-state index is -0.399. The van der Waals surface area contributed by atoms with E-state index in [0.29, 0.717) is 25.3 Å². The molecule has 1 rings (SSSR count). The van der Waals surface area contributed by atoms with Crippen molar-refractivity contribution < 1.29 is 13.9 Å². The molecule has 1 unspecified atom stereocenters. The summed E-state index contributed by atoms with van der Waals surface area (Å²) in [5.41, 5.74) is 6.77. The highest BCUT2D eigenvalue weighted by Crippen LogP contribution is 2.18. The van der Waals surface area contributed by atoms with Crippen LogP contribution in [0.5, 0.6) is 5.75 Å². The van der Waals surface area contributed by atoms with Crippen molar-refractivity contribution in [1.82, 2.24) is 4.90 Å². The Kier molecular flexibility index (Phi) is 7.32. The Balaban J connectivity index is 2.43. The SMILES string of the molecule is COc1ccc(CCC(=O)N(C)CCC(N)C(C)C)cc1F. The Bertz CT molecular complexity index is 492. The van der Waals surface area contributed by atoms with Gasteiger partial charge in [-0.05, 0) is 36.5 Å². The molecule has 1 aromatic rings. The van der Waals surface area contributed by atoms with Gasteiger partial charge in [-0.25, -0.2) is 4.39 Å². The van der Waals surface area contributed by atoms with Gasteiger partial charge in [0.15, 0.2) is 11.6 Å². The van der Waals surface area contributed by atoms with Gasteiger partial charge in [-0.1, -0.05) is 19.9 Å². The molecule has 0 saturated heterocycles. The number of halogens is 1. The van der Waals surface area contributed by atoms with E-state index < -0.39 is 5.82 Å². The first-order valence-corrected chi connectivity index (χ1v) is 7.67. The molecule has 2 N–H and O–H groups in total. The van der Waals surface area contributed by atoms with Gasteiger partial charge < -0.3 is 15.4 Å². The lowest BCUT2D eigenvalue weighted by Gasteiger charge is -2.21. The summed E-state index contributed by atoms with van der Waals surface area (Å²) in [6, 6.07) is 4.89. The van der Waals surface area contributed by atoms with E-state index in [1.165, 1.54) is 13.2 Å². The number of benzene rings is 1. The van der Waals surface area contributed by atoms with Crippen LogP contribution in [0, 0.1) is 11.7 Å². The van der Waals surface area contributed by atoms with E-state index in [4.69, 9.17) is 10.5 Å². The monoisotopic (exact) mass is 310 g/mol. The van der Waals surface area contributed by atoms with Crippen LogP contribution >= 0.6 is 0 Å². The molecule has 0 spiro atoms. The highest BCUT2D eigenvalue weighted by molar-refractivity contribution is 5.76. The number of nitrogens with zero attached hydrogens (tertiary/aromatic N) is 1. The second kappa shape index (κ2) is 8.73. The van der Waals surface area contributed by atoms with Gasteiger partial charge in [-0.2, -0.15) is 0 Å². The molecule has 0 bridgehead atoms. The number of hydrogen-bond acceptors (Lipinski definition) is 3. The first kappa shape index (κ1) is 18.4. The second-order valence-electron chi connectivity index (χ2n) is 5.98. The number of ether oxygens (including phenoxy) is 1. The van der Waals surface area contributed by atoms with Crippen LogP contribution in [-0.4, -0.2) is 37.6 Å². The van der Waals surface area contributed by atoms with Crippen molar-refractivity contribution >= 4 is 5.91 Å². The van der Waals surface area contributed by atoms with Gasteiger partial charge in [-0.3, -0.25) is 4.79 Å². The quantitative estimate of drug-likeness (QED) is 0.803. The van der Waals surface area contributed by atoms with Crippen molar-refractivity contribution in [2.24, 2.45) is 11.7 Å². The van der Waals surface area contributed by atoms with Gasteiger partial charge >= 0.3 is 0 Å². The fourth-order valence-corrected chi connectivity index (χ4v) is 2.11. The van der Waals surface area contributed by atoms with E-state index in [-0.39, 0.29) is 17.7 Å². The Morgan fingerprint density at radius 3 is 2.64 bits per heavy atom. The van der Waals surface area contributed by atoms with E-state index in [1.807, 2.05) is 0 Å². The van der Waals surface area contributed by atoms with Crippen molar-refractivity contribution in [3.8, 4) is 5.75 Å². The van der Waals surface area contributed by atoms with Crippen LogP contribution in [0.3, 0.4) is 0 Å². The van der Waals surface area contributed by atoms with E-state index in [0.717, 1.165) is 12.0 Å². The molecule has 0 radical (unpaired) electrons. The number of nitrogens with two attached hydrogens (primary N) is 1. The predicted octanol–water partition coefficient (Wildman–Crippen LogP) is 2.60. The zero-order valence-corrected chi connectivity index (χ0v) is 13.9. The highest BCUT2D eigenvalue weighted by atomic mass is 19.1. The minimum Gasteiger partial charge on any atom is -0.494 e. The summed E-state index contributed by atoms with van der Waals surface area (Å²) in [7, 11) is 3.21. The normalized spacial score (nSPS) is 12.3. The lowest BCUT2D eigenvalue weighted by atomic mass is 10.0. The third-order valence-corrected chi connectivity index (χ3v) is 3.92. The molecule has 0 saturated carbocycles. The fraction of sp³-hybridized carbons (Fsp3) is 0.588. The molecule has 1 aromatic carbocycles. The Morgan fingerprint density at radius 2 is 2.09 bits per heavy atom. The number of hydrogen-bond donors (Lipinski definition) is 1. The Hall–Kier alpha value is -1.62. The molecule has 1 amide bonds. The summed E-state index contributed by atoms with van der Waals surface area (Å²) in [6.07, 6.45) is 1.66. The first-order valence-electron chi connectivity index (χ1n) is 7.67. The van der Waals surface area contributed by atoms with Gasteiger partial charge in [0.2, 0.25) is 5.91 Å². The molecule has 0 heterocycles. The maximum atomic E-state index is 13.6. The van der Waals surface area contributed by atoms with Crippen LogP contribution in [0.25, 0.3) is 0 Å². The zero-order valence-electron chi connectivity index (χ0n) is 13.9. The fourth-order valence-electron chi connectivity index (χ4n) is 2.11. The largest absolute Gasteiger partial charge is 0.494 e. The molecule has 0 aromatic heterocycles. The van der Waals surface area contributed by atoms with Gasteiger partial charge in [0.05, 0.1) is 7.11 Å². The summed E-state index contributed by atoms with van der Waals surface area (Å²) >= 11 is 0. The third kappa shape index (κ3) is 5.64. The summed E-state index contributed by atoms with van der Waals surface area (Å²) in [5, 5.41) is 0. The first-order chi connectivity index (χ1) is 10.3. The standard InChI is InChI=1S/C17H27FN2O2/c1-12(2)15(19)9-10-20(3)17(21)8-6-13-5-7-16(22-4)14(18)11-13/h5,7,11-12,15H,6,8-10,19H2,1-4H3. The van der Waals surface area contributed by atoms with E-state index in [1.54, 1.807) is 24.1 Å². The van der Waals surface area contributed by atoms with Crippen molar-refractivity contribution in [1.29, 1.82) is 0 Å². The van der Waals surface area contributed by atoms with Crippen molar-refractivity contribution in [3.63, 3.8) is 0 Å². The van der Waals surface area contributed by atoms with Crippen molar-refractivity contribution in [2.45, 2.75) is 39.2 Å². The molecule has 0 aliphatic carbocycles. The number of methoxy groups -OCH3 is 1. The number of aryl methyl sites for hydroxylation is 1. The highest BCUT2D eigenvalue weighted by Gasteiger charge is 2.13.